The largest absolute Gasteiger partial charge is 0.444 e. The fourth-order valence-corrected chi connectivity index (χ4v) is 3.07. The van der Waals surface area contributed by atoms with E-state index in [2.05, 4.69) is 5.32 Å². The summed E-state index contributed by atoms with van der Waals surface area (Å²) in [6.45, 7) is 5.22. The van der Waals surface area contributed by atoms with Crippen LogP contribution in [-0.4, -0.2) is 29.2 Å². The number of ether oxygens (including phenoxy) is 1. The Bertz CT molecular complexity index is 603. The van der Waals surface area contributed by atoms with E-state index >= 15 is 0 Å². The maximum atomic E-state index is 12.8. The normalized spacial score (nSPS) is 16.1. The Balaban J connectivity index is 2.20. The van der Waals surface area contributed by atoms with Crippen molar-refractivity contribution < 1.29 is 19.1 Å². The number of alkyl carbamates (subject to hydrolysis) is 1. The van der Waals surface area contributed by atoms with Gasteiger partial charge < -0.3 is 15.8 Å². The quantitative estimate of drug-likeness (QED) is 0.883. The van der Waals surface area contributed by atoms with Crippen LogP contribution in [0.3, 0.4) is 0 Å². The van der Waals surface area contributed by atoms with Crippen LogP contribution in [0.25, 0.3) is 0 Å². The molecule has 0 aliphatic heterocycles. The van der Waals surface area contributed by atoms with Crippen molar-refractivity contribution in [2.75, 3.05) is 4.90 Å². The number of carbonyl (C=O) groups excluding carboxylic acids is 3. The molecule has 7 nitrogen and oxygen atoms in total. The lowest BCUT2D eigenvalue weighted by Gasteiger charge is -2.42. The van der Waals surface area contributed by atoms with Crippen molar-refractivity contribution in [2.45, 2.75) is 51.2 Å². The highest BCUT2D eigenvalue weighted by molar-refractivity contribution is 7.14. The Morgan fingerprint density at radius 3 is 2.39 bits per heavy atom. The average molecular weight is 339 g/mol. The van der Waals surface area contributed by atoms with Crippen molar-refractivity contribution in [1.29, 1.82) is 0 Å². The van der Waals surface area contributed by atoms with Crippen LogP contribution >= 0.6 is 11.3 Å². The molecule has 0 unspecified atom stereocenters. The van der Waals surface area contributed by atoms with E-state index in [0.717, 1.165) is 11.3 Å². The highest BCUT2D eigenvalue weighted by atomic mass is 32.1. The van der Waals surface area contributed by atoms with E-state index in [9.17, 15) is 14.4 Å². The van der Waals surface area contributed by atoms with E-state index < -0.39 is 29.2 Å². The SMILES string of the molecule is CC(C)(C)OC(=O)NC1(C(=O)N(C(N)=O)c2cccs2)CCC1. The van der Waals surface area contributed by atoms with E-state index in [-0.39, 0.29) is 0 Å². The molecule has 1 heterocycles. The monoisotopic (exact) mass is 339 g/mol. The second kappa shape index (κ2) is 6.19. The minimum absolute atomic E-state index is 0.430. The van der Waals surface area contributed by atoms with Crippen LogP contribution in [0, 0.1) is 0 Å². The van der Waals surface area contributed by atoms with Crippen LogP contribution in [0.1, 0.15) is 40.0 Å². The number of imide groups is 1. The summed E-state index contributed by atoms with van der Waals surface area (Å²) in [6, 6.07) is 2.49. The van der Waals surface area contributed by atoms with E-state index in [1.165, 1.54) is 11.3 Å². The van der Waals surface area contributed by atoms with Gasteiger partial charge >= 0.3 is 12.1 Å². The molecule has 1 aromatic heterocycles. The minimum Gasteiger partial charge on any atom is -0.444 e. The van der Waals surface area contributed by atoms with E-state index in [0.29, 0.717) is 17.8 Å². The number of rotatable bonds is 3. The van der Waals surface area contributed by atoms with E-state index in [1.54, 1.807) is 38.3 Å². The maximum Gasteiger partial charge on any atom is 0.408 e. The molecule has 1 aliphatic carbocycles. The van der Waals surface area contributed by atoms with Gasteiger partial charge in [-0.05, 0) is 57.5 Å². The standard InChI is InChI=1S/C15H21N3O4S/c1-14(2,3)22-13(21)17-15(7-5-8-15)11(19)18(12(16)20)10-6-4-9-23-10/h4,6,9H,5,7-8H2,1-3H3,(H2,16,20)(H,17,21). The van der Waals surface area contributed by atoms with Crippen molar-refractivity contribution >= 4 is 34.4 Å². The lowest BCUT2D eigenvalue weighted by Crippen LogP contribution is -2.65. The molecule has 0 atom stereocenters. The Morgan fingerprint density at radius 1 is 1.35 bits per heavy atom. The molecule has 1 aromatic rings. The zero-order valence-corrected chi connectivity index (χ0v) is 14.2. The number of hydrogen-bond donors (Lipinski definition) is 2. The second-order valence-corrected chi connectivity index (χ2v) is 7.42. The molecule has 0 bridgehead atoms. The van der Waals surface area contributed by atoms with Crippen LogP contribution in [0.15, 0.2) is 17.5 Å². The van der Waals surface area contributed by atoms with Gasteiger partial charge in [0.1, 0.15) is 16.1 Å². The van der Waals surface area contributed by atoms with Crippen molar-refractivity contribution in [3.63, 3.8) is 0 Å². The third-order valence-electron chi connectivity index (χ3n) is 3.51. The number of anilines is 1. The Morgan fingerprint density at radius 2 is 2.00 bits per heavy atom. The fourth-order valence-electron chi connectivity index (χ4n) is 2.34. The molecule has 1 saturated carbocycles. The molecule has 0 radical (unpaired) electrons. The summed E-state index contributed by atoms with van der Waals surface area (Å²) in [5.74, 6) is -0.524. The molecule has 23 heavy (non-hydrogen) atoms. The summed E-state index contributed by atoms with van der Waals surface area (Å²) in [6.07, 6.45) is 0.986. The van der Waals surface area contributed by atoms with Gasteiger partial charge in [-0.15, -0.1) is 11.3 Å². The minimum atomic E-state index is -1.14. The average Bonchev–Trinajstić information content (AvgIpc) is 2.84. The fraction of sp³-hybridized carbons (Fsp3) is 0.533. The van der Waals surface area contributed by atoms with Gasteiger partial charge in [0.25, 0.3) is 5.91 Å². The van der Waals surface area contributed by atoms with Crippen molar-refractivity contribution in [3.8, 4) is 0 Å². The van der Waals surface area contributed by atoms with Gasteiger partial charge in [-0.2, -0.15) is 0 Å². The molecule has 0 spiro atoms. The summed E-state index contributed by atoms with van der Waals surface area (Å²) in [5, 5.41) is 4.80. The molecule has 126 valence electrons. The Kier molecular flexibility index (Phi) is 4.65. The first-order valence-electron chi connectivity index (χ1n) is 7.33. The van der Waals surface area contributed by atoms with Gasteiger partial charge in [-0.3, -0.25) is 4.79 Å². The van der Waals surface area contributed by atoms with Gasteiger partial charge in [0, 0.05) is 0 Å². The number of amides is 4. The molecule has 0 aromatic carbocycles. The first-order chi connectivity index (χ1) is 10.6. The van der Waals surface area contributed by atoms with Crippen LogP contribution in [0.5, 0.6) is 0 Å². The van der Waals surface area contributed by atoms with Crippen molar-refractivity contribution in [2.24, 2.45) is 5.73 Å². The summed E-state index contributed by atoms with van der Waals surface area (Å²) in [5.41, 5.74) is 3.56. The molecular weight excluding hydrogens is 318 g/mol. The number of primary amides is 1. The summed E-state index contributed by atoms with van der Waals surface area (Å²) in [4.78, 5) is 37.5. The zero-order chi connectivity index (χ0) is 17.3. The third kappa shape index (κ3) is 3.82. The second-order valence-electron chi connectivity index (χ2n) is 6.49. The molecular formula is C15H21N3O4S. The maximum absolute atomic E-state index is 12.8. The van der Waals surface area contributed by atoms with Gasteiger partial charge in [-0.1, -0.05) is 0 Å². The van der Waals surface area contributed by atoms with Gasteiger partial charge in [0.05, 0.1) is 0 Å². The van der Waals surface area contributed by atoms with Crippen LogP contribution in [-0.2, 0) is 9.53 Å². The number of nitrogens with two attached hydrogens (primary N) is 1. The first-order valence-corrected chi connectivity index (χ1v) is 8.21. The summed E-state index contributed by atoms with van der Waals surface area (Å²) in [7, 11) is 0. The molecule has 2 rings (SSSR count). The van der Waals surface area contributed by atoms with E-state index in [1.807, 2.05) is 0 Å². The van der Waals surface area contributed by atoms with E-state index in [4.69, 9.17) is 10.5 Å². The molecule has 1 aliphatic rings. The highest BCUT2D eigenvalue weighted by Crippen LogP contribution is 2.36. The number of urea groups is 1. The van der Waals surface area contributed by atoms with Gasteiger partial charge in [0.15, 0.2) is 0 Å². The third-order valence-corrected chi connectivity index (χ3v) is 4.36. The van der Waals surface area contributed by atoms with Crippen molar-refractivity contribution in [3.05, 3.63) is 17.5 Å². The number of nitrogens with zero attached hydrogens (tertiary/aromatic N) is 1. The zero-order valence-electron chi connectivity index (χ0n) is 13.4. The molecule has 1 fully saturated rings. The predicted molar refractivity (Wildman–Crippen MR) is 87.3 cm³/mol. The molecule has 8 heteroatoms. The number of hydrogen-bond acceptors (Lipinski definition) is 5. The van der Waals surface area contributed by atoms with Crippen molar-refractivity contribution in [1.82, 2.24) is 5.32 Å². The lowest BCUT2D eigenvalue weighted by molar-refractivity contribution is -0.127. The van der Waals surface area contributed by atoms with Gasteiger partial charge in [0.2, 0.25) is 0 Å². The summed E-state index contributed by atoms with van der Waals surface area (Å²) < 4.78 is 5.22. The molecule has 0 saturated heterocycles. The lowest BCUT2D eigenvalue weighted by atomic mass is 9.75. The van der Waals surface area contributed by atoms with Crippen LogP contribution in [0.4, 0.5) is 14.6 Å². The molecule has 3 N–H and O–H groups in total. The smallest absolute Gasteiger partial charge is 0.408 e. The summed E-state index contributed by atoms with van der Waals surface area (Å²) >= 11 is 1.23. The highest BCUT2D eigenvalue weighted by Gasteiger charge is 2.50. The number of thiophene rings is 1. The topological polar surface area (TPSA) is 102 Å². The number of carbonyl (C=O) groups is 3. The predicted octanol–water partition coefficient (Wildman–Crippen LogP) is 2.61. The Labute approximate surface area is 138 Å². The Hall–Kier alpha value is -2.09. The number of nitrogens with one attached hydrogen (secondary N) is 1. The first kappa shape index (κ1) is 17.3. The van der Waals surface area contributed by atoms with Crippen LogP contribution < -0.4 is 16.0 Å². The molecule has 4 amide bonds. The van der Waals surface area contributed by atoms with Gasteiger partial charge in [-0.25, -0.2) is 14.5 Å². The van der Waals surface area contributed by atoms with Crippen LogP contribution in [0.2, 0.25) is 0 Å².